The number of hydrogen-bond donors (Lipinski definition) is 0. The standard InChI is InChI=1S/C27H40BNO4/c1-19-17-21(9-10-22(19)28-32-25(5,6)26(7,8)33-28)20-11-13-27(14-12-20)15-16-29(18-27)23(30)31-24(2,3)4/h9-11,17H,12-16,18H2,1-8H3. The van der Waals surface area contributed by atoms with Gasteiger partial charge in [0.2, 0.25) is 0 Å². The Balaban J connectivity index is 1.43. The Hall–Kier alpha value is -1.79. The number of hydrogen-bond acceptors (Lipinski definition) is 4. The third kappa shape index (κ3) is 4.88. The van der Waals surface area contributed by atoms with Crippen LogP contribution in [0.25, 0.3) is 5.57 Å². The van der Waals surface area contributed by atoms with Gasteiger partial charge in [0.1, 0.15) is 5.60 Å². The minimum Gasteiger partial charge on any atom is -0.444 e. The Morgan fingerprint density at radius 2 is 1.76 bits per heavy atom. The summed E-state index contributed by atoms with van der Waals surface area (Å²) in [6, 6.07) is 6.64. The van der Waals surface area contributed by atoms with Crippen molar-refractivity contribution in [1.29, 1.82) is 0 Å². The lowest BCUT2D eigenvalue weighted by molar-refractivity contribution is 0.00578. The molecule has 1 atom stereocenters. The smallest absolute Gasteiger partial charge is 0.444 e. The second-order valence-electron chi connectivity index (χ2n) is 12.2. The SMILES string of the molecule is Cc1cc(C2=CCC3(CC2)CCN(C(=O)OC(C)(C)C)C3)ccc1B1OC(C)(C)C(C)(C)O1. The Kier molecular flexibility index (Phi) is 6.02. The quantitative estimate of drug-likeness (QED) is 0.556. The Morgan fingerprint density at radius 3 is 2.30 bits per heavy atom. The molecule has 2 saturated heterocycles. The third-order valence-electron chi connectivity index (χ3n) is 7.94. The van der Waals surface area contributed by atoms with Gasteiger partial charge in [0.15, 0.2) is 0 Å². The zero-order valence-electron chi connectivity index (χ0n) is 21.7. The van der Waals surface area contributed by atoms with Crippen LogP contribution >= 0.6 is 0 Å². The fourth-order valence-corrected chi connectivity index (χ4v) is 5.10. The summed E-state index contributed by atoms with van der Waals surface area (Å²) in [5, 5.41) is 0. The van der Waals surface area contributed by atoms with Crippen molar-refractivity contribution in [2.75, 3.05) is 13.1 Å². The lowest BCUT2D eigenvalue weighted by Crippen LogP contribution is -2.41. The molecule has 0 N–H and O–H groups in total. The number of carbonyl (C=O) groups is 1. The molecule has 0 aromatic heterocycles. The summed E-state index contributed by atoms with van der Waals surface area (Å²) in [6.45, 7) is 17.9. The van der Waals surface area contributed by atoms with Gasteiger partial charge in [-0.3, -0.25) is 0 Å². The van der Waals surface area contributed by atoms with Crippen molar-refractivity contribution >= 4 is 24.2 Å². The molecule has 3 aliphatic rings. The first-order valence-electron chi connectivity index (χ1n) is 12.3. The van der Waals surface area contributed by atoms with E-state index in [0.29, 0.717) is 0 Å². The van der Waals surface area contributed by atoms with E-state index in [-0.39, 0.29) is 29.8 Å². The van der Waals surface area contributed by atoms with E-state index in [4.69, 9.17) is 14.0 Å². The molecule has 0 bridgehead atoms. The predicted octanol–water partition coefficient (Wildman–Crippen LogP) is 5.49. The monoisotopic (exact) mass is 453 g/mol. The molecular formula is C27H40BNO4. The molecule has 6 heteroatoms. The maximum atomic E-state index is 12.5. The van der Waals surface area contributed by atoms with Gasteiger partial charge in [-0.1, -0.05) is 29.8 Å². The van der Waals surface area contributed by atoms with E-state index in [1.54, 1.807) is 0 Å². The van der Waals surface area contributed by atoms with Gasteiger partial charge >= 0.3 is 13.2 Å². The molecule has 180 valence electrons. The maximum absolute atomic E-state index is 12.5. The van der Waals surface area contributed by atoms with Crippen molar-refractivity contribution in [1.82, 2.24) is 4.90 Å². The van der Waals surface area contributed by atoms with Gasteiger partial charge in [-0.15, -0.1) is 0 Å². The molecule has 1 unspecified atom stereocenters. The van der Waals surface area contributed by atoms with E-state index in [1.807, 2.05) is 25.7 Å². The van der Waals surface area contributed by atoms with E-state index in [9.17, 15) is 4.79 Å². The van der Waals surface area contributed by atoms with Gasteiger partial charge in [-0.25, -0.2) is 4.79 Å². The maximum Gasteiger partial charge on any atom is 0.495 e. The van der Waals surface area contributed by atoms with Crippen LogP contribution in [0, 0.1) is 12.3 Å². The predicted molar refractivity (Wildman–Crippen MR) is 134 cm³/mol. The van der Waals surface area contributed by atoms with E-state index >= 15 is 0 Å². The van der Waals surface area contributed by atoms with Gasteiger partial charge in [0.05, 0.1) is 11.2 Å². The number of carbonyl (C=O) groups excluding carboxylic acids is 1. The van der Waals surface area contributed by atoms with Crippen molar-refractivity contribution in [2.24, 2.45) is 5.41 Å². The number of amides is 1. The van der Waals surface area contributed by atoms with Crippen LogP contribution in [0.5, 0.6) is 0 Å². The summed E-state index contributed by atoms with van der Waals surface area (Å²) in [5.41, 5.74) is 4.06. The van der Waals surface area contributed by atoms with Gasteiger partial charge in [-0.2, -0.15) is 0 Å². The molecule has 1 aromatic carbocycles. The number of ether oxygens (including phenoxy) is 1. The highest BCUT2D eigenvalue weighted by Crippen LogP contribution is 2.45. The molecule has 0 saturated carbocycles. The summed E-state index contributed by atoms with van der Waals surface area (Å²) in [7, 11) is -0.329. The van der Waals surface area contributed by atoms with Gasteiger partial charge < -0.3 is 18.9 Å². The lowest BCUT2D eigenvalue weighted by atomic mass is 9.72. The van der Waals surface area contributed by atoms with E-state index in [2.05, 4.69) is 58.9 Å². The van der Waals surface area contributed by atoms with Crippen LogP contribution in [-0.4, -0.2) is 48.0 Å². The molecule has 1 aromatic rings. The van der Waals surface area contributed by atoms with Gasteiger partial charge in [0.25, 0.3) is 0 Å². The topological polar surface area (TPSA) is 48.0 Å². The lowest BCUT2D eigenvalue weighted by Gasteiger charge is -2.33. The Morgan fingerprint density at radius 1 is 1.09 bits per heavy atom. The van der Waals surface area contributed by atoms with Crippen LogP contribution in [-0.2, 0) is 14.0 Å². The minimum absolute atomic E-state index is 0.178. The molecule has 1 aliphatic carbocycles. The summed E-state index contributed by atoms with van der Waals surface area (Å²) in [4.78, 5) is 14.4. The average Bonchev–Trinajstić information content (AvgIpc) is 3.19. The van der Waals surface area contributed by atoms with Crippen molar-refractivity contribution < 1.29 is 18.8 Å². The summed E-state index contributed by atoms with van der Waals surface area (Å²) in [5.74, 6) is 0. The van der Waals surface area contributed by atoms with Crippen molar-refractivity contribution in [3.63, 3.8) is 0 Å². The normalized spacial score (nSPS) is 26.6. The van der Waals surface area contributed by atoms with Crippen LogP contribution < -0.4 is 5.46 Å². The second-order valence-corrected chi connectivity index (χ2v) is 12.2. The molecule has 1 spiro atoms. The highest BCUT2D eigenvalue weighted by atomic mass is 16.7. The first-order chi connectivity index (χ1) is 15.2. The van der Waals surface area contributed by atoms with E-state index < -0.39 is 5.60 Å². The third-order valence-corrected chi connectivity index (χ3v) is 7.94. The number of benzene rings is 1. The number of aryl methyl sites for hydroxylation is 1. The molecule has 5 nitrogen and oxygen atoms in total. The fourth-order valence-electron chi connectivity index (χ4n) is 5.10. The number of allylic oxidation sites excluding steroid dienone is 2. The zero-order valence-corrected chi connectivity index (χ0v) is 21.7. The highest BCUT2D eigenvalue weighted by Gasteiger charge is 2.52. The molecule has 4 rings (SSSR count). The Labute approximate surface area is 200 Å². The van der Waals surface area contributed by atoms with Gasteiger partial charge in [0, 0.05) is 13.1 Å². The van der Waals surface area contributed by atoms with Gasteiger partial charge in [-0.05, 0) is 103 Å². The molecular weight excluding hydrogens is 413 g/mol. The molecule has 2 heterocycles. The first-order valence-corrected chi connectivity index (χ1v) is 12.3. The van der Waals surface area contributed by atoms with E-state index in [1.165, 1.54) is 16.7 Å². The average molecular weight is 453 g/mol. The van der Waals surface area contributed by atoms with Crippen LogP contribution in [0.4, 0.5) is 4.79 Å². The largest absolute Gasteiger partial charge is 0.495 e. The molecule has 2 fully saturated rings. The van der Waals surface area contributed by atoms with Crippen LogP contribution in [0.1, 0.15) is 85.3 Å². The zero-order chi connectivity index (χ0) is 24.2. The van der Waals surface area contributed by atoms with Crippen LogP contribution in [0.2, 0.25) is 0 Å². The number of rotatable bonds is 2. The van der Waals surface area contributed by atoms with E-state index in [0.717, 1.165) is 44.2 Å². The molecule has 0 radical (unpaired) electrons. The highest BCUT2D eigenvalue weighted by molar-refractivity contribution is 6.62. The van der Waals surface area contributed by atoms with Crippen molar-refractivity contribution in [2.45, 2.75) is 97.9 Å². The fraction of sp³-hybridized carbons (Fsp3) is 0.667. The molecule has 2 aliphatic heterocycles. The number of nitrogens with zero attached hydrogens (tertiary/aromatic N) is 1. The molecule has 1 amide bonds. The van der Waals surface area contributed by atoms with Crippen LogP contribution in [0.15, 0.2) is 24.3 Å². The summed E-state index contributed by atoms with van der Waals surface area (Å²) in [6.07, 6.45) is 6.43. The van der Waals surface area contributed by atoms with Crippen molar-refractivity contribution in [3.05, 3.63) is 35.4 Å². The second kappa shape index (κ2) is 8.16. The van der Waals surface area contributed by atoms with Crippen LogP contribution in [0.3, 0.4) is 0 Å². The Bertz CT molecular complexity index is 945. The minimum atomic E-state index is -0.448. The molecule has 33 heavy (non-hydrogen) atoms. The summed E-state index contributed by atoms with van der Waals surface area (Å²) < 4.78 is 18.1. The first kappa shape index (κ1) is 24.3. The number of likely N-dealkylation sites (tertiary alicyclic amines) is 1. The van der Waals surface area contributed by atoms with Crippen molar-refractivity contribution in [3.8, 4) is 0 Å². The summed E-state index contributed by atoms with van der Waals surface area (Å²) >= 11 is 0.